The molecule has 0 radical (unpaired) electrons. The highest BCUT2D eigenvalue weighted by Gasteiger charge is 2.35. The molecule has 1 fully saturated rings. The molecule has 0 saturated carbocycles. The Labute approximate surface area is 237 Å². The molecule has 2 aromatic heterocycles. The van der Waals surface area contributed by atoms with Crippen molar-refractivity contribution in [1.29, 1.82) is 0 Å². The van der Waals surface area contributed by atoms with Crippen LogP contribution in [0.4, 0.5) is 14.5 Å². The Balaban J connectivity index is 2.09. The van der Waals surface area contributed by atoms with Gasteiger partial charge in [0, 0.05) is 49.1 Å². The standard InChI is InChI=1S/C31H45F2N3O4/c1-8-10-17-38-28(29(37)40-21(3)4)26-22(5)34-19-24(27(26)36-15-13-30(6,7)14-16-36)25-12-11-23(18-35-25)39-20-31(32,33)9-2/h11-12,18-19,21,28H,8-10,13-17,20H2,1-7H3/t28-/m0/s1. The highest BCUT2D eigenvalue weighted by molar-refractivity contribution is 5.86. The Kier molecular flexibility index (Phi) is 10.9. The average molecular weight is 562 g/mol. The zero-order chi connectivity index (χ0) is 29.5. The number of nitrogens with zero attached hydrogens (tertiary/aromatic N) is 3. The predicted molar refractivity (Wildman–Crippen MR) is 153 cm³/mol. The number of aromatic nitrogens is 2. The Bertz CT molecular complexity index is 1110. The quantitative estimate of drug-likeness (QED) is 0.187. The number of aryl methyl sites for hydroxylation is 1. The van der Waals surface area contributed by atoms with E-state index in [1.807, 2.05) is 20.8 Å². The van der Waals surface area contributed by atoms with Crippen LogP contribution in [0.25, 0.3) is 11.3 Å². The van der Waals surface area contributed by atoms with Gasteiger partial charge in [0.15, 0.2) is 12.7 Å². The SMILES string of the molecule is CCCCO[C@H](C(=O)OC(C)C)c1c(C)ncc(-c2ccc(OCC(F)(F)CC)cn2)c1N1CCC(C)(C)CC1. The molecule has 0 unspecified atom stereocenters. The molecule has 222 valence electrons. The first kappa shape index (κ1) is 31.7. The molecule has 0 N–H and O–H groups in total. The first-order chi connectivity index (χ1) is 18.9. The van der Waals surface area contributed by atoms with Crippen molar-refractivity contribution in [2.75, 3.05) is 31.2 Å². The Morgan fingerprint density at radius 3 is 2.40 bits per heavy atom. The van der Waals surface area contributed by atoms with Crippen LogP contribution in [0.2, 0.25) is 0 Å². The Morgan fingerprint density at radius 2 is 1.82 bits per heavy atom. The van der Waals surface area contributed by atoms with Crippen molar-refractivity contribution >= 4 is 11.7 Å². The van der Waals surface area contributed by atoms with Gasteiger partial charge in [-0.3, -0.25) is 9.97 Å². The third-order valence-corrected chi connectivity index (χ3v) is 7.31. The number of halogens is 2. The van der Waals surface area contributed by atoms with E-state index in [9.17, 15) is 13.6 Å². The van der Waals surface area contributed by atoms with Crippen LogP contribution in [-0.2, 0) is 14.3 Å². The van der Waals surface area contributed by atoms with E-state index < -0.39 is 24.6 Å². The fourth-order valence-corrected chi connectivity index (χ4v) is 4.61. The number of piperidine rings is 1. The molecule has 40 heavy (non-hydrogen) atoms. The molecule has 0 amide bonds. The first-order valence-electron chi connectivity index (χ1n) is 14.4. The predicted octanol–water partition coefficient (Wildman–Crippen LogP) is 7.31. The van der Waals surface area contributed by atoms with E-state index in [2.05, 4.69) is 35.6 Å². The number of ether oxygens (including phenoxy) is 3. The molecule has 1 aliphatic heterocycles. The van der Waals surface area contributed by atoms with E-state index in [0.29, 0.717) is 23.6 Å². The van der Waals surface area contributed by atoms with Gasteiger partial charge in [-0.1, -0.05) is 34.1 Å². The highest BCUT2D eigenvalue weighted by atomic mass is 19.3. The normalized spacial score (nSPS) is 16.2. The van der Waals surface area contributed by atoms with Crippen LogP contribution in [-0.4, -0.2) is 54.3 Å². The number of rotatable bonds is 13. The molecule has 0 aliphatic carbocycles. The van der Waals surface area contributed by atoms with Gasteiger partial charge in [0.05, 0.1) is 23.7 Å². The lowest BCUT2D eigenvalue weighted by atomic mass is 9.82. The van der Waals surface area contributed by atoms with Gasteiger partial charge in [-0.25, -0.2) is 13.6 Å². The molecule has 9 heteroatoms. The number of alkyl halides is 2. The first-order valence-corrected chi connectivity index (χ1v) is 14.4. The van der Waals surface area contributed by atoms with E-state index in [0.717, 1.165) is 50.0 Å². The van der Waals surface area contributed by atoms with E-state index in [1.165, 1.54) is 13.1 Å². The van der Waals surface area contributed by atoms with Crippen LogP contribution in [0.15, 0.2) is 24.5 Å². The largest absolute Gasteiger partial charge is 0.486 e. The minimum atomic E-state index is -2.90. The van der Waals surface area contributed by atoms with Crippen LogP contribution >= 0.6 is 0 Å². The molecule has 0 bridgehead atoms. The minimum Gasteiger partial charge on any atom is -0.486 e. The van der Waals surface area contributed by atoms with Crippen LogP contribution in [0.5, 0.6) is 5.75 Å². The molecule has 3 rings (SSSR count). The number of carbonyl (C=O) groups is 1. The maximum Gasteiger partial charge on any atom is 0.340 e. The van der Waals surface area contributed by atoms with Crippen molar-refractivity contribution in [2.24, 2.45) is 5.41 Å². The van der Waals surface area contributed by atoms with E-state index in [1.54, 1.807) is 18.3 Å². The van der Waals surface area contributed by atoms with E-state index >= 15 is 0 Å². The highest BCUT2D eigenvalue weighted by Crippen LogP contribution is 2.42. The van der Waals surface area contributed by atoms with Crippen LogP contribution in [0.1, 0.15) is 91.0 Å². The fourth-order valence-electron chi connectivity index (χ4n) is 4.61. The lowest BCUT2D eigenvalue weighted by molar-refractivity contribution is -0.161. The van der Waals surface area contributed by atoms with Gasteiger partial charge < -0.3 is 19.1 Å². The van der Waals surface area contributed by atoms with Crippen molar-refractivity contribution in [3.8, 4) is 17.0 Å². The summed E-state index contributed by atoms with van der Waals surface area (Å²) in [6.07, 6.45) is 5.39. The van der Waals surface area contributed by atoms with Gasteiger partial charge in [-0.2, -0.15) is 0 Å². The smallest absolute Gasteiger partial charge is 0.340 e. The topological polar surface area (TPSA) is 73.8 Å². The lowest BCUT2D eigenvalue weighted by Gasteiger charge is -2.40. The molecular weight excluding hydrogens is 516 g/mol. The maximum atomic E-state index is 13.7. The second kappa shape index (κ2) is 13.7. The number of carbonyl (C=O) groups excluding carboxylic acids is 1. The minimum absolute atomic E-state index is 0.213. The molecular formula is C31H45F2N3O4. The van der Waals surface area contributed by atoms with Crippen molar-refractivity contribution in [1.82, 2.24) is 9.97 Å². The summed E-state index contributed by atoms with van der Waals surface area (Å²) in [6, 6.07) is 3.38. The lowest BCUT2D eigenvalue weighted by Crippen LogP contribution is -2.39. The van der Waals surface area contributed by atoms with Gasteiger partial charge in [0.2, 0.25) is 0 Å². The van der Waals surface area contributed by atoms with E-state index in [-0.39, 0.29) is 23.7 Å². The number of hydrogen-bond donors (Lipinski definition) is 0. The van der Waals surface area contributed by atoms with Crippen LogP contribution < -0.4 is 9.64 Å². The summed E-state index contributed by atoms with van der Waals surface area (Å²) in [5.74, 6) is -3.08. The van der Waals surface area contributed by atoms with Crippen molar-refractivity contribution < 1.29 is 27.8 Å². The summed E-state index contributed by atoms with van der Waals surface area (Å²) < 4.78 is 44.6. The summed E-state index contributed by atoms with van der Waals surface area (Å²) in [7, 11) is 0. The fraction of sp³-hybridized carbons (Fsp3) is 0.645. The van der Waals surface area contributed by atoms with Crippen LogP contribution in [0, 0.1) is 12.3 Å². The molecule has 0 spiro atoms. The second-order valence-corrected chi connectivity index (χ2v) is 11.6. The second-order valence-electron chi connectivity index (χ2n) is 11.6. The zero-order valence-electron chi connectivity index (χ0n) is 25.1. The molecule has 1 aliphatic rings. The van der Waals surface area contributed by atoms with E-state index in [4.69, 9.17) is 14.2 Å². The van der Waals surface area contributed by atoms with Crippen molar-refractivity contribution in [3.05, 3.63) is 35.8 Å². The number of anilines is 1. The number of pyridine rings is 2. The molecule has 2 aromatic rings. The van der Waals surface area contributed by atoms with Crippen LogP contribution in [0.3, 0.4) is 0 Å². The Morgan fingerprint density at radius 1 is 1.12 bits per heavy atom. The summed E-state index contributed by atoms with van der Waals surface area (Å²) in [6.45, 7) is 14.9. The van der Waals surface area contributed by atoms with Gasteiger partial charge in [0.1, 0.15) is 5.75 Å². The van der Waals surface area contributed by atoms with Gasteiger partial charge in [-0.05, 0) is 57.6 Å². The summed E-state index contributed by atoms with van der Waals surface area (Å²) in [4.78, 5) is 24.9. The average Bonchev–Trinajstić information content (AvgIpc) is 2.90. The third-order valence-electron chi connectivity index (χ3n) is 7.31. The number of hydrogen-bond acceptors (Lipinski definition) is 7. The van der Waals surface area contributed by atoms with Gasteiger partial charge >= 0.3 is 5.97 Å². The molecule has 0 aromatic carbocycles. The third kappa shape index (κ3) is 8.35. The van der Waals surface area contributed by atoms with Crippen molar-refractivity contribution in [2.45, 2.75) is 98.7 Å². The molecule has 1 saturated heterocycles. The van der Waals surface area contributed by atoms with Gasteiger partial charge in [-0.15, -0.1) is 0 Å². The summed E-state index contributed by atoms with van der Waals surface area (Å²) >= 11 is 0. The maximum absolute atomic E-state index is 13.7. The number of esters is 1. The monoisotopic (exact) mass is 561 g/mol. The molecule has 7 nitrogen and oxygen atoms in total. The molecule has 3 heterocycles. The van der Waals surface area contributed by atoms with Gasteiger partial charge in [0.25, 0.3) is 5.92 Å². The number of unbranched alkanes of at least 4 members (excludes halogenated alkanes) is 1. The van der Waals surface area contributed by atoms with Crippen molar-refractivity contribution in [3.63, 3.8) is 0 Å². The molecule has 1 atom stereocenters. The summed E-state index contributed by atoms with van der Waals surface area (Å²) in [5.41, 5.74) is 3.78. The zero-order valence-corrected chi connectivity index (χ0v) is 25.1. The Hall–Kier alpha value is -2.81. The summed E-state index contributed by atoms with van der Waals surface area (Å²) in [5, 5.41) is 0.